The third-order valence-corrected chi connectivity index (χ3v) is 10.1. The van der Waals surface area contributed by atoms with Crippen LogP contribution < -0.4 is 16.0 Å². The molecule has 3 heterocycles. The van der Waals surface area contributed by atoms with Gasteiger partial charge in [0.25, 0.3) is 0 Å². The maximum Gasteiger partial charge on any atom is 0.217 e. The molecule has 10 N–H and O–H groups in total. The summed E-state index contributed by atoms with van der Waals surface area (Å²) in [6, 6.07) is -3.06. The summed E-state index contributed by atoms with van der Waals surface area (Å²) in [7, 11) is -2.37. The summed E-state index contributed by atoms with van der Waals surface area (Å²) in [6.07, 6.45) is -11.5. The van der Waals surface area contributed by atoms with E-state index in [1.165, 1.54) is 20.8 Å². The summed E-state index contributed by atoms with van der Waals surface area (Å²) in [4.78, 5) is 36.0. The smallest absolute Gasteiger partial charge is 0.217 e. The third kappa shape index (κ3) is 11.8. The Morgan fingerprint density at radius 3 is 1.53 bits per heavy atom. The van der Waals surface area contributed by atoms with Crippen molar-refractivity contribution in [3.05, 3.63) is 0 Å². The molecule has 19 nitrogen and oxygen atoms in total. The van der Waals surface area contributed by atoms with E-state index in [9.17, 15) is 50.1 Å². The van der Waals surface area contributed by atoms with Crippen molar-refractivity contribution in [2.45, 2.75) is 120 Å². The van der Waals surface area contributed by atoms with Crippen LogP contribution in [0.25, 0.3) is 0 Å². The number of nitrogens with one attached hydrogen (secondary N) is 3. The van der Waals surface area contributed by atoms with E-state index in [0.29, 0.717) is 0 Å². The molecule has 3 amide bonds. The van der Waals surface area contributed by atoms with Crippen LogP contribution in [0, 0.1) is 11.8 Å². The van der Waals surface area contributed by atoms with Crippen molar-refractivity contribution in [3.63, 3.8) is 0 Å². The highest BCUT2D eigenvalue weighted by Crippen LogP contribution is 2.33. The molecule has 0 spiro atoms. The number of hydrogen-bond acceptors (Lipinski definition) is 16. The van der Waals surface area contributed by atoms with Gasteiger partial charge in [-0.15, -0.1) is 0 Å². The van der Waals surface area contributed by atoms with Crippen LogP contribution in [0.15, 0.2) is 0 Å². The molecule has 3 aliphatic rings. The Kier molecular flexibility index (Phi) is 16.6. The first-order valence-electron chi connectivity index (χ1n) is 17.1. The molecule has 0 aromatic carbocycles. The molecule has 0 aliphatic carbocycles. The van der Waals surface area contributed by atoms with Gasteiger partial charge >= 0.3 is 0 Å². The number of rotatable bonds is 16. The van der Waals surface area contributed by atoms with Crippen LogP contribution in [0.3, 0.4) is 0 Å². The second kappa shape index (κ2) is 19.4. The Morgan fingerprint density at radius 1 is 0.569 bits per heavy atom. The molecule has 15 atom stereocenters. The quantitative estimate of drug-likeness (QED) is 0.0663. The maximum absolute atomic E-state index is 12.5. The predicted octanol–water partition coefficient (Wildman–Crippen LogP) is -4.70. The van der Waals surface area contributed by atoms with Gasteiger partial charge < -0.3 is 79.8 Å². The summed E-state index contributed by atoms with van der Waals surface area (Å²) in [5, 5.41) is 80.2. The zero-order valence-electron chi connectivity index (χ0n) is 29.9. The second-order valence-electron chi connectivity index (χ2n) is 14.3. The van der Waals surface area contributed by atoms with Crippen molar-refractivity contribution in [2.75, 3.05) is 46.2 Å². The fourth-order valence-corrected chi connectivity index (χ4v) is 7.92. The molecule has 296 valence electrons. The van der Waals surface area contributed by atoms with Gasteiger partial charge in [0, 0.05) is 32.6 Å². The van der Waals surface area contributed by atoms with Crippen LogP contribution in [0.4, 0.5) is 0 Å². The minimum atomic E-state index is -2.37. The molecule has 0 aromatic heterocycles. The average molecular weight is 756 g/mol. The molecule has 20 heteroatoms. The lowest BCUT2D eigenvalue weighted by Crippen LogP contribution is -2.66. The molecular formula is C31H57N3O16Si. The zero-order chi connectivity index (χ0) is 38.2. The normalized spacial score (nSPS) is 38.9. The highest BCUT2D eigenvalue weighted by molar-refractivity contribution is 6.69. The minimum absolute atomic E-state index is 0.101. The first-order chi connectivity index (χ1) is 23.9. The summed E-state index contributed by atoms with van der Waals surface area (Å²) < 4.78 is 36.1. The van der Waals surface area contributed by atoms with Crippen molar-refractivity contribution < 1.29 is 78.2 Å². The summed E-state index contributed by atoms with van der Waals surface area (Å²) in [5.74, 6) is -2.95. The molecule has 51 heavy (non-hydrogen) atoms. The minimum Gasteiger partial charge on any atom is -0.412 e. The number of aliphatic hydroxyl groups excluding tert-OH is 7. The Hall–Kier alpha value is -1.89. The van der Waals surface area contributed by atoms with Gasteiger partial charge in [0.2, 0.25) is 17.7 Å². The van der Waals surface area contributed by atoms with E-state index in [2.05, 4.69) is 16.0 Å². The monoisotopic (exact) mass is 755 g/mol. The number of carbonyl (C=O) groups excluding carboxylic acids is 3. The Labute approximate surface area is 298 Å². The van der Waals surface area contributed by atoms with E-state index in [4.69, 9.17) is 28.1 Å². The van der Waals surface area contributed by atoms with E-state index in [-0.39, 0.29) is 26.4 Å². The van der Waals surface area contributed by atoms with Crippen molar-refractivity contribution in [2.24, 2.45) is 11.8 Å². The van der Waals surface area contributed by atoms with Gasteiger partial charge in [-0.05, 0) is 19.6 Å². The van der Waals surface area contributed by atoms with E-state index in [0.717, 1.165) is 0 Å². The van der Waals surface area contributed by atoms with Gasteiger partial charge in [0.1, 0.15) is 36.6 Å². The Morgan fingerprint density at radius 2 is 1.02 bits per heavy atom. The van der Waals surface area contributed by atoms with Crippen LogP contribution in [0.2, 0.25) is 19.6 Å². The highest BCUT2D eigenvalue weighted by Gasteiger charge is 2.50. The van der Waals surface area contributed by atoms with E-state index >= 15 is 0 Å². The van der Waals surface area contributed by atoms with Crippen molar-refractivity contribution in [3.8, 4) is 0 Å². The zero-order valence-corrected chi connectivity index (χ0v) is 30.9. The van der Waals surface area contributed by atoms with Gasteiger partial charge in [0.05, 0.1) is 82.7 Å². The molecule has 3 rings (SSSR count). The van der Waals surface area contributed by atoms with Crippen LogP contribution in [-0.4, -0.2) is 187 Å². The number of carbonyl (C=O) groups is 3. The first kappa shape index (κ1) is 43.5. The molecule has 0 saturated carbocycles. The summed E-state index contributed by atoms with van der Waals surface area (Å²) in [5.41, 5.74) is 0. The predicted molar refractivity (Wildman–Crippen MR) is 177 cm³/mol. The molecule has 0 aromatic rings. The fourth-order valence-electron chi connectivity index (χ4n) is 6.79. The molecule has 6 unspecified atom stereocenters. The number of aliphatic hydroxyl groups is 7. The number of ether oxygens (including phenoxy) is 5. The molecule has 0 radical (unpaired) electrons. The SMILES string of the molecule is CC(=O)NC1[C@H](COC[C@H]2C(CO)O[C@@H](COC[C@@H]3C(CO)O[C@@H](O)C(NC(C)=O)[C@H]3O)C(NC(C)=O)[C@H]2O[Si](C)(C)C)OC(CO)[C@@H](O)[C@@H]1O. The van der Waals surface area contributed by atoms with E-state index in [1.807, 2.05) is 19.6 Å². The number of hydrogen-bond donors (Lipinski definition) is 10. The van der Waals surface area contributed by atoms with Gasteiger partial charge in [-0.1, -0.05) is 0 Å². The van der Waals surface area contributed by atoms with Crippen LogP contribution in [-0.2, 0) is 42.5 Å². The van der Waals surface area contributed by atoms with E-state index < -0.39 is 137 Å². The lowest BCUT2D eigenvalue weighted by Gasteiger charge is -2.49. The topological polar surface area (TPSA) is 284 Å². The lowest BCUT2D eigenvalue weighted by molar-refractivity contribution is -0.248. The van der Waals surface area contributed by atoms with Crippen molar-refractivity contribution >= 4 is 26.0 Å². The summed E-state index contributed by atoms with van der Waals surface area (Å²) in [6.45, 7) is 7.30. The van der Waals surface area contributed by atoms with Crippen LogP contribution in [0.5, 0.6) is 0 Å². The maximum atomic E-state index is 12.5. The lowest BCUT2D eigenvalue weighted by atomic mass is 9.85. The van der Waals surface area contributed by atoms with Crippen molar-refractivity contribution in [1.82, 2.24) is 16.0 Å². The van der Waals surface area contributed by atoms with Gasteiger partial charge in [-0.2, -0.15) is 0 Å². The highest BCUT2D eigenvalue weighted by atomic mass is 28.4. The third-order valence-electron chi connectivity index (χ3n) is 9.08. The summed E-state index contributed by atoms with van der Waals surface area (Å²) >= 11 is 0. The second-order valence-corrected chi connectivity index (χ2v) is 18.7. The Balaban J connectivity index is 1.80. The largest absolute Gasteiger partial charge is 0.412 e. The first-order valence-corrected chi connectivity index (χ1v) is 20.5. The van der Waals surface area contributed by atoms with Gasteiger partial charge in [-0.25, -0.2) is 0 Å². The van der Waals surface area contributed by atoms with Crippen molar-refractivity contribution in [1.29, 1.82) is 0 Å². The molecular weight excluding hydrogens is 698 g/mol. The molecule has 3 aliphatic heterocycles. The Bertz CT molecular complexity index is 1140. The average Bonchev–Trinajstić information content (AvgIpc) is 3.04. The molecule has 3 fully saturated rings. The fraction of sp³-hybridized carbons (Fsp3) is 0.903. The molecule has 0 bridgehead atoms. The van der Waals surface area contributed by atoms with Gasteiger partial charge in [0.15, 0.2) is 14.6 Å². The number of amides is 3. The van der Waals surface area contributed by atoms with Gasteiger partial charge in [-0.3, -0.25) is 14.4 Å². The van der Waals surface area contributed by atoms with E-state index in [1.54, 1.807) is 0 Å². The molecule has 3 saturated heterocycles. The standard InChI is InChI=1S/C31H57N3O16Si/c1-14(38)32-24-22(48-21(9-37)28(42)29(24)43)12-46-11-18-20(8-36)47-23(25(33-15(2)39)30(18)50-51(4,5)6)13-45-10-17-19(7-35)49-31(44)26(27(17)41)34-16(3)40/h17-31,35-37,41-44H,7-13H2,1-6H3,(H,32,38)(H,33,39)(H,34,40)/t17-,18+,19?,20?,21?,22+,23+,24?,25?,26?,27+,28-,29-,30+,31-/m1/s1. The van der Waals surface area contributed by atoms with Crippen LogP contribution >= 0.6 is 0 Å². The van der Waals surface area contributed by atoms with Crippen LogP contribution in [0.1, 0.15) is 20.8 Å².